The molecule has 0 fully saturated rings. The maximum Gasteiger partial charge on any atom is 0.0334 e. The molecule has 0 radical (unpaired) electrons. The van der Waals surface area contributed by atoms with Gasteiger partial charge in [-0.05, 0) is 177 Å². The van der Waals surface area contributed by atoms with Gasteiger partial charge in [0.1, 0.15) is 0 Å². The molecule has 0 saturated heterocycles. The molecule has 0 aromatic heterocycles. The number of rotatable bonds is 0. The van der Waals surface area contributed by atoms with Crippen LogP contribution in [0.1, 0.15) is 0 Å². The van der Waals surface area contributed by atoms with E-state index >= 15 is 0 Å². The molecule has 0 amide bonds. The Morgan fingerprint density at radius 2 is 0.293 bits per heavy atom. The molecule has 416 valence electrons. The van der Waals surface area contributed by atoms with Gasteiger partial charge in [-0.2, -0.15) is 0 Å². The third-order valence-electron chi connectivity index (χ3n) is 16.2. The molecule has 0 aliphatic rings. The Labute approximate surface area is 535 Å². The lowest BCUT2D eigenvalue weighted by atomic mass is 9.96. The zero-order valence-electron chi connectivity index (χ0n) is 49.7. The second kappa shape index (κ2) is 25.1. The summed E-state index contributed by atoms with van der Waals surface area (Å²) in [5, 5.41) is 27.0. The van der Waals surface area contributed by atoms with Crippen LogP contribution in [-0.2, 0) is 0 Å². The van der Waals surface area contributed by atoms with Crippen LogP contribution in [0.25, 0.3) is 151 Å². The summed E-state index contributed by atoms with van der Waals surface area (Å²) in [7, 11) is 0. The van der Waals surface area contributed by atoms with Crippen LogP contribution in [0.15, 0.2) is 291 Å². The molecule has 0 heteroatoms. The molecular weight excluding hydrogens is 1110 g/mol. The van der Waals surface area contributed by atoms with Gasteiger partial charge < -0.3 is 0 Å². The van der Waals surface area contributed by atoms with Crippen LogP contribution in [0.5, 0.6) is 0 Å². The molecule has 0 N–H and O–H groups in total. The van der Waals surface area contributed by atoms with Crippen molar-refractivity contribution in [1.82, 2.24) is 0 Å². The monoisotopic (exact) mass is 1150 g/mol. The average molecular weight is 1150 g/mol. The van der Waals surface area contributed by atoms with E-state index in [1.165, 1.54) is 0 Å². The van der Waals surface area contributed by atoms with Crippen molar-refractivity contribution >= 4 is 151 Å². The van der Waals surface area contributed by atoms with E-state index in [9.17, 15) is 0 Å². The van der Waals surface area contributed by atoms with Gasteiger partial charge in [0.2, 0.25) is 0 Å². The molecule has 0 aliphatic heterocycles. The van der Waals surface area contributed by atoms with Crippen LogP contribution in [0, 0.1) is 97.1 Å². The van der Waals surface area contributed by atoms with Gasteiger partial charge in [0.25, 0.3) is 0 Å². The zero-order chi connectivity index (χ0) is 61.4. The van der Waals surface area contributed by atoms with Crippen LogP contribution >= 0.6 is 0 Å². The predicted molar refractivity (Wildman–Crippen MR) is 385 cm³/mol. The van der Waals surface area contributed by atoms with E-state index in [-0.39, 0.29) is 0 Å². The van der Waals surface area contributed by atoms with Crippen molar-refractivity contribution in [2.45, 2.75) is 0 Å². The fraction of sp³-hybridized carbons (Fsp3) is 0. The second-order valence-corrected chi connectivity index (χ2v) is 22.3. The van der Waals surface area contributed by atoms with Gasteiger partial charge in [0.15, 0.2) is 0 Å². The zero-order valence-corrected chi connectivity index (χ0v) is 49.7. The average Bonchev–Trinajstić information content (AvgIpc) is 0.884. The summed E-state index contributed by atoms with van der Waals surface area (Å²) in [6.45, 7) is 0. The Bertz CT molecular complexity index is 5300. The highest BCUT2D eigenvalue weighted by atomic mass is 14.1. The highest BCUT2D eigenvalue weighted by molar-refractivity contribution is 6.27. The van der Waals surface area contributed by atoms with Crippen molar-refractivity contribution in [1.29, 1.82) is 0 Å². The third kappa shape index (κ3) is 12.1. The number of hydrogen-bond acceptors (Lipinski definition) is 0. The number of fused-ring (bicyclic) bond motifs is 26. The SMILES string of the molecule is c1c2cccc(c#cc3cccc(c#cc4ccc5ccccc5c4c4c(c#cc5cccc(c#cc6cccc(c#cc7cccc(c#cc8ccc9ccccc9c8c8c(c#cc9cccc(c#1)c9)ccc1ccccc18)c7)c6)c5)ccc1ccccc14)c3)c2. The molecule has 0 unspecified atom stereocenters. The first-order valence-electron chi connectivity index (χ1n) is 30.4. The number of benzene rings is 14. The Kier molecular flexibility index (Phi) is 15.1. The van der Waals surface area contributed by atoms with Gasteiger partial charge in [0.05, 0.1) is 0 Å². The van der Waals surface area contributed by atoms with E-state index in [1.807, 2.05) is 121 Å². The van der Waals surface area contributed by atoms with E-state index in [0.717, 1.165) is 151 Å². The van der Waals surface area contributed by atoms with E-state index < -0.39 is 0 Å². The molecule has 0 spiro atoms. The van der Waals surface area contributed by atoms with E-state index in [2.05, 4.69) is 267 Å². The van der Waals surface area contributed by atoms with Crippen molar-refractivity contribution in [3.8, 4) is 0 Å². The molecule has 0 saturated carbocycles. The summed E-state index contributed by atoms with van der Waals surface area (Å²) < 4.78 is 0. The lowest BCUT2D eigenvalue weighted by Gasteiger charge is -2.07. The maximum absolute atomic E-state index is 3.62. The van der Waals surface area contributed by atoms with Crippen molar-refractivity contribution in [2.75, 3.05) is 0 Å². The molecule has 12 bridgehead atoms. The standard InChI is InChI=1S/C92H48/c1-5-31-85-77(27-1)51-55-81-47-43-73-23-11-19-69(61-73)39-35-65-15-9-17-67(59-65)37-41-71-21-13-25-75(63-71)45-49-83-57-53-79-29-3-7-33-87(79)91(83)92-84(58-54-80-30-4-8-34-88(80)92)50-46-76-26-14-22-72(64-76)42-38-68-18-10-16-66(60-68)36-40-70-20-12-24-74(62-70)44-48-82-56-52-78-28-2-6-32-86(78)90(82)89(81)85/h1-34,51-64H. The second-order valence-electron chi connectivity index (χ2n) is 22.3. The summed E-state index contributed by atoms with van der Waals surface area (Å²) in [4.78, 5) is 0. The van der Waals surface area contributed by atoms with Gasteiger partial charge in [-0.3, -0.25) is 0 Å². The Morgan fingerprint density at radius 3 is 0.478 bits per heavy atom. The Morgan fingerprint density at radius 1 is 0.130 bits per heavy atom. The van der Waals surface area contributed by atoms with Crippen molar-refractivity contribution in [2.24, 2.45) is 0 Å². The highest BCUT2D eigenvalue weighted by Crippen LogP contribution is 2.36. The first kappa shape index (κ1) is 55.2. The van der Waals surface area contributed by atoms with Gasteiger partial charge in [-0.25, -0.2) is 0 Å². The third-order valence-corrected chi connectivity index (χ3v) is 16.2. The summed E-state index contributed by atoms with van der Waals surface area (Å²) in [6, 6.07) is 156. The van der Waals surface area contributed by atoms with Crippen LogP contribution in [0.3, 0.4) is 0 Å². The van der Waals surface area contributed by atoms with Crippen LogP contribution in [0.2, 0.25) is 0 Å². The molecule has 0 aliphatic carbocycles. The van der Waals surface area contributed by atoms with E-state index in [0.29, 0.717) is 0 Å². The Balaban J connectivity index is 0.937. The fourth-order valence-corrected chi connectivity index (χ4v) is 11.8. The Hall–Kier alpha value is -13.4. The quantitative estimate of drug-likeness (QED) is 0.142. The summed E-state index contributed by atoms with van der Waals surface area (Å²) >= 11 is 0. The molecule has 15 aromatic carbocycles. The topological polar surface area (TPSA) is 0 Å². The minimum atomic E-state index is 0.859. The fourth-order valence-electron chi connectivity index (χ4n) is 11.8. The van der Waals surface area contributed by atoms with Crippen molar-refractivity contribution < 1.29 is 0 Å². The minimum absolute atomic E-state index is 0.859. The largest absolute Gasteiger partial charge is 0.0616 e. The van der Waals surface area contributed by atoms with Crippen LogP contribution in [-0.4, -0.2) is 0 Å². The lowest BCUT2D eigenvalue weighted by molar-refractivity contribution is 1.79. The summed E-state index contributed by atoms with van der Waals surface area (Å²) in [6.07, 6.45) is 0. The van der Waals surface area contributed by atoms with Gasteiger partial charge in [-0.1, -0.05) is 255 Å². The first-order valence-corrected chi connectivity index (χ1v) is 30.4. The smallest absolute Gasteiger partial charge is 0.0334 e. The van der Waals surface area contributed by atoms with Crippen LogP contribution < -0.4 is 0 Å². The molecule has 0 nitrogen and oxygen atoms in total. The summed E-state index contributed by atoms with van der Waals surface area (Å²) in [5.41, 5.74) is 0. The molecule has 92 heavy (non-hydrogen) atoms. The molecule has 15 rings (SSSR count). The van der Waals surface area contributed by atoms with Gasteiger partial charge >= 0.3 is 0 Å². The van der Waals surface area contributed by atoms with E-state index in [1.54, 1.807) is 0 Å². The first-order chi connectivity index (χ1) is 45.5. The van der Waals surface area contributed by atoms with Gasteiger partial charge in [-0.15, -0.1) is 0 Å². The number of hydrogen-bond donors (Lipinski definition) is 0. The normalized spacial score (nSPS) is 10.3. The lowest BCUT2D eigenvalue weighted by Crippen LogP contribution is -1.80. The van der Waals surface area contributed by atoms with Crippen molar-refractivity contribution in [3.05, 3.63) is 388 Å². The predicted octanol–water partition coefficient (Wildman–Crippen LogP) is 23.1. The van der Waals surface area contributed by atoms with Crippen LogP contribution in [0.4, 0.5) is 0 Å². The maximum atomic E-state index is 3.62. The van der Waals surface area contributed by atoms with Crippen molar-refractivity contribution in [3.63, 3.8) is 0 Å². The molecule has 0 atom stereocenters. The van der Waals surface area contributed by atoms with Gasteiger partial charge in [0, 0.05) is 108 Å². The molecular formula is C92H48. The van der Waals surface area contributed by atoms with E-state index in [4.69, 9.17) is 0 Å². The minimum Gasteiger partial charge on any atom is -0.0616 e. The highest BCUT2D eigenvalue weighted by Gasteiger charge is 2.09. The molecule has 0 heterocycles. The molecule has 15 aromatic rings. The summed E-state index contributed by atoms with van der Waals surface area (Å²) in [5.74, 6) is 0.